The molecule has 0 bridgehead atoms. The van der Waals surface area contributed by atoms with Gasteiger partial charge in [-0.1, -0.05) is 30.3 Å². The predicted molar refractivity (Wildman–Crippen MR) is 61.9 cm³/mol. The van der Waals surface area contributed by atoms with E-state index >= 15 is 0 Å². The Hall–Kier alpha value is -1.60. The molecule has 7 heteroatoms. The molecular weight excluding hydrogens is 228 g/mol. The van der Waals surface area contributed by atoms with Crippen molar-refractivity contribution in [2.75, 3.05) is 6.54 Å². The number of guanidine groups is 1. The van der Waals surface area contributed by atoms with Crippen molar-refractivity contribution in [1.82, 2.24) is 4.31 Å². The molecule has 0 spiro atoms. The molecule has 1 aromatic rings. The van der Waals surface area contributed by atoms with E-state index in [0.29, 0.717) is 10.7 Å². The molecule has 0 aliphatic heterocycles. The Morgan fingerprint density at radius 3 is 2.31 bits per heavy atom. The molecule has 0 saturated heterocycles. The van der Waals surface area contributed by atoms with E-state index in [2.05, 4.69) is 0 Å². The fourth-order valence-corrected chi connectivity index (χ4v) is 1.88. The molecule has 6 nitrogen and oxygen atoms in total. The van der Waals surface area contributed by atoms with Crippen LogP contribution in [-0.4, -0.2) is 25.2 Å². The first-order chi connectivity index (χ1) is 7.41. The Morgan fingerprint density at radius 1 is 1.31 bits per heavy atom. The zero-order valence-corrected chi connectivity index (χ0v) is 9.44. The molecule has 88 valence electrons. The molecule has 0 radical (unpaired) electrons. The summed E-state index contributed by atoms with van der Waals surface area (Å²) in [4.78, 5) is 0. The van der Waals surface area contributed by atoms with E-state index in [-0.39, 0.29) is 6.54 Å². The lowest BCUT2D eigenvalue weighted by atomic mass is 10.1. The first kappa shape index (κ1) is 12.5. The lowest BCUT2D eigenvalue weighted by molar-refractivity contribution is 0.519. The molecule has 5 N–H and O–H groups in total. The molecule has 0 saturated carbocycles. The van der Waals surface area contributed by atoms with Crippen molar-refractivity contribution in [2.45, 2.75) is 6.42 Å². The summed E-state index contributed by atoms with van der Waals surface area (Å²) < 4.78 is 22.8. The predicted octanol–water partition coefficient (Wildman–Crippen LogP) is -0.372. The van der Waals surface area contributed by atoms with Crippen molar-refractivity contribution in [1.29, 1.82) is 5.41 Å². The standard InChI is InChI=1S/C9H14N4O2S/c10-9(11)13(16(12,14)15)7-6-8-4-2-1-3-5-8/h1-5H,6-7H2,(H3,10,11)(H2,12,14,15). The van der Waals surface area contributed by atoms with Gasteiger partial charge in [0, 0.05) is 6.54 Å². The summed E-state index contributed by atoms with van der Waals surface area (Å²) in [6, 6.07) is 9.30. The number of hydrogen-bond acceptors (Lipinski definition) is 3. The van der Waals surface area contributed by atoms with Crippen molar-refractivity contribution in [3.05, 3.63) is 35.9 Å². The van der Waals surface area contributed by atoms with Gasteiger partial charge in [0.05, 0.1) is 0 Å². The Labute approximate surface area is 94.5 Å². The monoisotopic (exact) mass is 242 g/mol. The van der Waals surface area contributed by atoms with Crippen molar-refractivity contribution in [3.63, 3.8) is 0 Å². The molecule has 0 amide bonds. The molecular formula is C9H14N4O2S. The SMILES string of the molecule is N=C(N)N(CCc1ccccc1)S(N)(=O)=O. The number of nitrogens with two attached hydrogens (primary N) is 2. The van der Waals surface area contributed by atoms with E-state index in [9.17, 15) is 8.42 Å². The van der Waals surface area contributed by atoms with Crippen molar-refractivity contribution < 1.29 is 8.42 Å². The fraction of sp³-hybridized carbons (Fsp3) is 0.222. The third kappa shape index (κ3) is 3.52. The minimum absolute atomic E-state index is 0.0676. The molecule has 0 fully saturated rings. The van der Waals surface area contributed by atoms with Gasteiger partial charge in [-0.05, 0) is 12.0 Å². The number of rotatable bonds is 4. The third-order valence-corrected chi connectivity index (χ3v) is 3.02. The van der Waals surface area contributed by atoms with Crippen LogP contribution >= 0.6 is 0 Å². The molecule has 0 aliphatic carbocycles. The third-order valence-electron chi connectivity index (χ3n) is 2.02. The van der Waals surface area contributed by atoms with E-state index in [1.165, 1.54) is 0 Å². The molecule has 0 aliphatic rings. The van der Waals surface area contributed by atoms with Gasteiger partial charge in [0.25, 0.3) is 0 Å². The molecule has 0 unspecified atom stereocenters. The topological polar surface area (TPSA) is 113 Å². The number of hydrogen-bond donors (Lipinski definition) is 3. The van der Waals surface area contributed by atoms with E-state index < -0.39 is 16.2 Å². The van der Waals surface area contributed by atoms with Crippen LogP contribution in [0.5, 0.6) is 0 Å². The highest BCUT2D eigenvalue weighted by Gasteiger charge is 2.17. The van der Waals surface area contributed by atoms with E-state index in [0.717, 1.165) is 5.56 Å². The summed E-state index contributed by atoms with van der Waals surface area (Å²) in [5.41, 5.74) is 6.09. The second kappa shape index (κ2) is 4.95. The normalized spacial score (nSPS) is 11.1. The second-order valence-electron chi connectivity index (χ2n) is 3.24. The van der Waals surface area contributed by atoms with Gasteiger partial charge >= 0.3 is 10.2 Å². The summed E-state index contributed by atoms with van der Waals surface area (Å²) in [6.07, 6.45) is 0.455. The van der Waals surface area contributed by atoms with E-state index in [1.54, 1.807) is 0 Å². The van der Waals surface area contributed by atoms with Crippen LogP contribution in [0.25, 0.3) is 0 Å². The van der Waals surface area contributed by atoms with Crippen LogP contribution in [-0.2, 0) is 16.6 Å². The molecule has 0 atom stereocenters. The Balaban J connectivity index is 2.69. The first-order valence-corrected chi connectivity index (χ1v) is 6.10. The number of nitrogens with one attached hydrogen (secondary N) is 1. The van der Waals surface area contributed by atoms with Gasteiger partial charge in [-0.2, -0.15) is 8.42 Å². The van der Waals surface area contributed by atoms with Gasteiger partial charge in [0.1, 0.15) is 0 Å². The lowest BCUT2D eigenvalue weighted by Gasteiger charge is -2.19. The minimum atomic E-state index is -3.95. The summed E-state index contributed by atoms with van der Waals surface area (Å²) in [5.74, 6) is -0.571. The van der Waals surface area contributed by atoms with E-state index in [1.807, 2.05) is 30.3 Å². The van der Waals surface area contributed by atoms with Crippen molar-refractivity contribution >= 4 is 16.2 Å². The molecule has 1 rings (SSSR count). The smallest absolute Gasteiger partial charge is 0.301 e. The highest BCUT2D eigenvalue weighted by Crippen LogP contribution is 2.02. The largest absolute Gasteiger partial charge is 0.369 e. The average Bonchev–Trinajstić information content (AvgIpc) is 2.17. The summed E-state index contributed by atoms with van der Waals surface area (Å²) in [6.45, 7) is 0.0676. The van der Waals surface area contributed by atoms with Gasteiger partial charge in [-0.15, -0.1) is 0 Å². The van der Waals surface area contributed by atoms with Crippen LogP contribution < -0.4 is 10.9 Å². The van der Waals surface area contributed by atoms with Crippen LogP contribution in [0, 0.1) is 5.41 Å². The van der Waals surface area contributed by atoms with Gasteiger partial charge < -0.3 is 5.73 Å². The second-order valence-corrected chi connectivity index (χ2v) is 4.71. The van der Waals surface area contributed by atoms with Crippen molar-refractivity contribution in [3.8, 4) is 0 Å². The Bertz CT molecular complexity index is 458. The zero-order valence-electron chi connectivity index (χ0n) is 8.63. The van der Waals surface area contributed by atoms with Crippen LogP contribution in [0.15, 0.2) is 30.3 Å². The quantitative estimate of drug-likeness (QED) is 0.494. The van der Waals surface area contributed by atoms with Gasteiger partial charge in [0.15, 0.2) is 0 Å². The van der Waals surface area contributed by atoms with Crippen molar-refractivity contribution in [2.24, 2.45) is 10.9 Å². The van der Waals surface area contributed by atoms with Crippen LogP contribution in [0.3, 0.4) is 0 Å². The van der Waals surface area contributed by atoms with Gasteiger partial charge in [-0.3, -0.25) is 5.41 Å². The molecule has 0 aromatic heterocycles. The lowest BCUT2D eigenvalue weighted by Crippen LogP contribution is -2.45. The van der Waals surface area contributed by atoms with Gasteiger partial charge in [-0.25, -0.2) is 9.44 Å². The highest BCUT2D eigenvalue weighted by atomic mass is 32.2. The Morgan fingerprint density at radius 2 is 1.88 bits per heavy atom. The molecule has 16 heavy (non-hydrogen) atoms. The van der Waals surface area contributed by atoms with Gasteiger partial charge in [0.2, 0.25) is 5.96 Å². The number of nitrogens with zero attached hydrogens (tertiary/aromatic N) is 1. The van der Waals surface area contributed by atoms with Crippen LogP contribution in [0.4, 0.5) is 0 Å². The minimum Gasteiger partial charge on any atom is -0.369 e. The maximum atomic E-state index is 11.1. The Kier molecular flexibility index (Phi) is 3.86. The maximum Gasteiger partial charge on any atom is 0.301 e. The first-order valence-electron chi connectivity index (χ1n) is 4.59. The average molecular weight is 242 g/mol. The summed E-state index contributed by atoms with van der Waals surface area (Å²) >= 11 is 0. The fourth-order valence-electron chi connectivity index (χ4n) is 1.26. The number of benzene rings is 1. The molecule has 1 aromatic carbocycles. The molecule has 0 heterocycles. The zero-order chi connectivity index (χ0) is 12.2. The summed E-state index contributed by atoms with van der Waals surface area (Å²) in [5, 5.41) is 12.0. The van der Waals surface area contributed by atoms with E-state index in [4.69, 9.17) is 16.3 Å². The highest BCUT2D eigenvalue weighted by molar-refractivity contribution is 7.87. The van der Waals surface area contributed by atoms with Crippen LogP contribution in [0.1, 0.15) is 5.56 Å². The van der Waals surface area contributed by atoms with Crippen LogP contribution in [0.2, 0.25) is 0 Å². The summed E-state index contributed by atoms with van der Waals surface area (Å²) in [7, 11) is -3.95. The maximum absolute atomic E-state index is 11.1.